The summed E-state index contributed by atoms with van der Waals surface area (Å²) >= 11 is 0. The molecule has 0 fully saturated rings. The van der Waals surface area contributed by atoms with Crippen LogP contribution >= 0.6 is 0 Å². The van der Waals surface area contributed by atoms with Crippen LogP contribution in [0.2, 0.25) is 0 Å². The van der Waals surface area contributed by atoms with Gasteiger partial charge in [-0.05, 0) is 35.9 Å². The Labute approximate surface area is 119 Å². The number of carboxylic acid groups (broad SMARTS) is 1. The third-order valence-corrected chi connectivity index (χ3v) is 3.42. The number of nitrogens with zero attached hydrogens (tertiary/aromatic N) is 4. The monoisotopic (exact) mass is 296 g/mol. The predicted octanol–water partition coefficient (Wildman–Crippen LogP) is 1.82. The van der Waals surface area contributed by atoms with Crippen molar-refractivity contribution in [3.8, 4) is 0 Å². The zero-order valence-corrected chi connectivity index (χ0v) is 11.5. The largest absolute Gasteiger partial charge is 0.481 e. The topological polar surface area (TPSA) is 80.9 Å². The molecule has 0 saturated heterocycles. The zero-order chi connectivity index (χ0) is 15.6. The number of rotatable bonds is 5. The number of hydrogen-bond donors (Lipinski definition) is 1. The molecule has 0 spiro atoms. The van der Waals surface area contributed by atoms with Crippen LogP contribution in [-0.4, -0.2) is 31.3 Å². The van der Waals surface area contributed by atoms with Crippen LogP contribution in [0.5, 0.6) is 0 Å². The highest BCUT2D eigenvalue weighted by Crippen LogP contribution is 2.20. The minimum atomic E-state index is -0.975. The van der Waals surface area contributed by atoms with Gasteiger partial charge in [-0.15, -0.1) is 5.10 Å². The quantitative estimate of drug-likeness (QED) is 0.910. The average molecular weight is 296 g/mol. The second-order valence-electron chi connectivity index (χ2n) is 4.82. The minimum Gasteiger partial charge on any atom is -0.481 e. The summed E-state index contributed by atoms with van der Waals surface area (Å²) in [4.78, 5) is 11.0. The summed E-state index contributed by atoms with van der Waals surface area (Å²) < 4.78 is 27.9. The molecule has 2 atom stereocenters. The fraction of sp³-hybridized carbons (Fsp3) is 0.385. The summed E-state index contributed by atoms with van der Waals surface area (Å²) in [5.41, 5.74) is 0.239. The first-order valence-electron chi connectivity index (χ1n) is 6.33. The highest BCUT2D eigenvalue weighted by molar-refractivity contribution is 5.70. The lowest BCUT2D eigenvalue weighted by Crippen LogP contribution is -2.24. The van der Waals surface area contributed by atoms with Gasteiger partial charge in [-0.2, -0.15) is 0 Å². The summed E-state index contributed by atoms with van der Waals surface area (Å²) in [6.07, 6.45) is 0.0514. The van der Waals surface area contributed by atoms with Crippen LogP contribution in [0.15, 0.2) is 18.2 Å². The molecule has 1 N–H and O–H groups in total. The molecule has 2 unspecified atom stereocenters. The molecule has 0 bridgehead atoms. The Morgan fingerprint density at radius 2 is 2.10 bits per heavy atom. The van der Waals surface area contributed by atoms with Gasteiger partial charge in [0.05, 0.1) is 12.0 Å². The molecule has 112 valence electrons. The van der Waals surface area contributed by atoms with E-state index in [9.17, 15) is 13.6 Å². The summed E-state index contributed by atoms with van der Waals surface area (Å²) in [6.45, 7) is 3.20. The van der Waals surface area contributed by atoms with Crippen LogP contribution in [0, 0.1) is 17.6 Å². The first kappa shape index (κ1) is 15.0. The summed E-state index contributed by atoms with van der Waals surface area (Å²) in [7, 11) is 0. The molecule has 0 saturated carbocycles. The van der Waals surface area contributed by atoms with E-state index in [4.69, 9.17) is 5.11 Å². The number of carbonyl (C=O) groups is 1. The highest BCUT2D eigenvalue weighted by Gasteiger charge is 2.24. The second-order valence-corrected chi connectivity index (χ2v) is 4.82. The van der Waals surface area contributed by atoms with E-state index in [1.54, 1.807) is 6.92 Å². The number of tetrazole rings is 1. The van der Waals surface area contributed by atoms with E-state index >= 15 is 0 Å². The number of aliphatic carboxylic acids is 1. The van der Waals surface area contributed by atoms with Gasteiger partial charge >= 0.3 is 5.97 Å². The van der Waals surface area contributed by atoms with Gasteiger partial charge in [0.25, 0.3) is 0 Å². The van der Waals surface area contributed by atoms with Gasteiger partial charge in [-0.3, -0.25) is 4.79 Å². The van der Waals surface area contributed by atoms with Gasteiger partial charge < -0.3 is 5.11 Å². The number of benzene rings is 1. The van der Waals surface area contributed by atoms with Crippen molar-refractivity contribution in [2.75, 3.05) is 0 Å². The van der Waals surface area contributed by atoms with Crippen molar-refractivity contribution in [1.29, 1.82) is 0 Å². The first-order valence-corrected chi connectivity index (χ1v) is 6.33. The molecular formula is C13H14F2N4O2. The van der Waals surface area contributed by atoms with Crippen LogP contribution in [-0.2, 0) is 11.2 Å². The molecular weight excluding hydrogens is 282 g/mol. The number of carboxylic acids is 1. The van der Waals surface area contributed by atoms with E-state index in [-0.39, 0.29) is 12.0 Å². The van der Waals surface area contributed by atoms with E-state index in [1.165, 1.54) is 17.7 Å². The number of aromatic nitrogens is 4. The Balaban J connectivity index is 2.26. The Bertz CT molecular complexity index is 659. The molecule has 0 amide bonds. The van der Waals surface area contributed by atoms with Gasteiger partial charge in [-0.1, -0.05) is 6.07 Å². The molecule has 0 aliphatic rings. The van der Waals surface area contributed by atoms with Crippen molar-refractivity contribution in [2.24, 2.45) is 5.92 Å². The summed E-state index contributed by atoms with van der Waals surface area (Å²) in [6, 6.07) is 2.76. The van der Waals surface area contributed by atoms with E-state index in [1.807, 2.05) is 0 Å². The van der Waals surface area contributed by atoms with E-state index < -0.39 is 29.6 Å². The van der Waals surface area contributed by atoms with Gasteiger partial charge in [0.15, 0.2) is 5.82 Å². The van der Waals surface area contributed by atoms with Crippen molar-refractivity contribution in [1.82, 2.24) is 20.2 Å². The number of hydrogen-bond acceptors (Lipinski definition) is 4. The van der Waals surface area contributed by atoms with Crippen molar-refractivity contribution in [3.05, 3.63) is 41.2 Å². The zero-order valence-electron chi connectivity index (χ0n) is 11.5. The lowest BCUT2D eigenvalue weighted by atomic mass is 10.0. The Kier molecular flexibility index (Phi) is 4.25. The summed E-state index contributed by atoms with van der Waals surface area (Å²) in [5.74, 6) is -2.71. The molecule has 0 aliphatic heterocycles. The Morgan fingerprint density at radius 3 is 2.71 bits per heavy atom. The normalized spacial score (nSPS) is 13.9. The first-order chi connectivity index (χ1) is 9.90. The fourth-order valence-corrected chi connectivity index (χ4v) is 1.90. The SMILES string of the molecule is CC(C(=O)O)C(C)n1nnnc1Cc1ccc(F)cc1F. The third-order valence-electron chi connectivity index (χ3n) is 3.42. The van der Waals surface area contributed by atoms with Crippen LogP contribution in [0.25, 0.3) is 0 Å². The molecule has 2 rings (SSSR count). The van der Waals surface area contributed by atoms with Gasteiger partial charge in [0, 0.05) is 12.5 Å². The van der Waals surface area contributed by atoms with E-state index in [0.717, 1.165) is 12.1 Å². The Hall–Kier alpha value is -2.38. The van der Waals surface area contributed by atoms with Gasteiger partial charge in [0.1, 0.15) is 11.6 Å². The van der Waals surface area contributed by atoms with Crippen LogP contribution in [0.1, 0.15) is 31.3 Å². The standard InChI is InChI=1S/C13H14F2N4O2/c1-7(13(20)21)8(2)19-12(16-17-18-19)5-9-3-4-10(14)6-11(9)15/h3-4,6-8H,5H2,1-2H3,(H,20,21). The summed E-state index contributed by atoms with van der Waals surface area (Å²) in [5, 5.41) is 20.1. The minimum absolute atomic E-state index is 0.0514. The molecule has 6 nitrogen and oxygen atoms in total. The third kappa shape index (κ3) is 3.21. The van der Waals surface area contributed by atoms with Crippen LogP contribution in [0.3, 0.4) is 0 Å². The fourth-order valence-electron chi connectivity index (χ4n) is 1.90. The molecule has 0 radical (unpaired) electrons. The predicted molar refractivity (Wildman–Crippen MR) is 68.5 cm³/mol. The maximum absolute atomic E-state index is 13.6. The maximum atomic E-state index is 13.6. The second kappa shape index (κ2) is 5.94. The lowest BCUT2D eigenvalue weighted by Gasteiger charge is -2.17. The molecule has 2 aromatic rings. The molecule has 8 heteroatoms. The lowest BCUT2D eigenvalue weighted by molar-refractivity contribution is -0.142. The van der Waals surface area contributed by atoms with E-state index in [0.29, 0.717) is 5.82 Å². The molecule has 1 heterocycles. The Morgan fingerprint density at radius 1 is 1.38 bits per heavy atom. The smallest absolute Gasteiger partial charge is 0.308 e. The molecule has 1 aromatic carbocycles. The van der Waals surface area contributed by atoms with Crippen LogP contribution in [0.4, 0.5) is 8.78 Å². The van der Waals surface area contributed by atoms with Gasteiger partial charge in [-0.25, -0.2) is 13.5 Å². The molecule has 1 aromatic heterocycles. The molecule has 21 heavy (non-hydrogen) atoms. The highest BCUT2D eigenvalue weighted by atomic mass is 19.1. The van der Waals surface area contributed by atoms with Crippen molar-refractivity contribution in [3.63, 3.8) is 0 Å². The van der Waals surface area contributed by atoms with Crippen molar-refractivity contribution < 1.29 is 18.7 Å². The van der Waals surface area contributed by atoms with Crippen molar-refractivity contribution >= 4 is 5.97 Å². The molecule has 0 aliphatic carbocycles. The average Bonchev–Trinajstić information content (AvgIpc) is 2.88. The number of halogens is 2. The maximum Gasteiger partial charge on any atom is 0.308 e. The van der Waals surface area contributed by atoms with Crippen molar-refractivity contribution in [2.45, 2.75) is 26.3 Å². The van der Waals surface area contributed by atoms with Gasteiger partial charge in [0.2, 0.25) is 0 Å². The van der Waals surface area contributed by atoms with E-state index in [2.05, 4.69) is 15.5 Å². The van der Waals surface area contributed by atoms with Crippen LogP contribution < -0.4 is 0 Å².